The third-order valence-electron chi connectivity index (χ3n) is 4.56. The number of rotatable bonds is 15. The fourth-order valence-corrected chi connectivity index (χ4v) is 2.74. The quantitative estimate of drug-likeness (QED) is 0.158. The van der Waals surface area contributed by atoms with E-state index in [4.69, 9.17) is 29.0 Å². The number of methoxy groups -OCH3 is 2. The van der Waals surface area contributed by atoms with Crippen molar-refractivity contribution in [1.29, 1.82) is 5.26 Å². The Morgan fingerprint density at radius 3 is 2.50 bits per heavy atom. The molecule has 0 aliphatic carbocycles. The minimum absolute atomic E-state index is 0.0574. The van der Waals surface area contributed by atoms with Gasteiger partial charge in [0.25, 0.3) is 5.69 Å². The van der Waals surface area contributed by atoms with Gasteiger partial charge in [-0.3, -0.25) is 19.7 Å². The number of allylic oxidation sites excluding steroid dienone is 1. The molecule has 0 saturated carbocycles. The summed E-state index contributed by atoms with van der Waals surface area (Å²) < 4.78 is 20.0. The number of ether oxygens (including phenoxy) is 4. The molecule has 2 amide bonds. The van der Waals surface area contributed by atoms with E-state index in [0.717, 1.165) is 11.1 Å². The lowest BCUT2D eigenvalue weighted by molar-refractivity contribution is -0.385. The Kier molecular flexibility index (Phi) is 12.8. The number of nitrogens with one attached hydrogen (secondary N) is 1. The topological polar surface area (TPSA) is 180 Å². The molecule has 0 radical (unpaired) electrons. The van der Waals surface area contributed by atoms with Gasteiger partial charge in [0.1, 0.15) is 18.7 Å². The summed E-state index contributed by atoms with van der Waals surface area (Å²) in [5.74, 6) is -0.918. The molecule has 1 rings (SSSR count). The maximum absolute atomic E-state index is 12.3. The molecule has 0 spiro atoms. The Morgan fingerprint density at radius 1 is 1.25 bits per heavy atom. The molecule has 1 aromatic carbocycles. The number of hydrogen-bond donors (Lipinski definition) is 1. The predicted molar refractivity (Wildman–Crippen MR) is 123 cm³/mol. The van der Waals surface area contributed by atoms with Gasteiger partial charge in [-0.15, -0.1) is 6.58 Å². The lowest BCUT2D eigenvalue weighted by Crippen LogP contribution is -2.43. The molecule has 1 unspecified atom stereocenters. The number of nitrogens with zero attached hydrogens (tertiary/aromatic N) is 3. The molecule has 196 valence electrons. The van der Waals surface area contributed by atoms with Crippen molar-refractivity contribution in [3.05, 3.63) is 40.5 Å². The van der Waals surface area contributed by atoms with E-state index in [1.165, 1.54) is 27.3 Å². The van der Waals surface area contributed by atoms with E-state index in [0.29, 0.717) is 6.42 Å². The van der Waals surface area contributed by atoms with Crippen LogP contribution >= 0.6 is 0 Å². The fraction of sp³-hybridized carbons (Fsp3) is 0.455. The zero-order valence-corrected chi connectivity index (χ0v) is 20.2. The Hall–Kier alpha value is -4.38. The number of hydrogen-bond acceptors (Lipinski definition) is 11. The van der Waals surface area contributed by atoms with Gasteiger partial charge in [-0.25, -0.2) is 9.59 Å². The van der Waals surface area contributed by atoms with Gasteiger partial charge in [0, 0.05) is 19.9 Å². The Bertz CT molecular complexity index is 992. The summed E-state index contributed by atoms with van der Waals surface area (Å²) in [5, 5.41) is 23.2. The monoisotopic (exact) mass is 508 g/mol. The molecule has 0 saturated heterocycles. The number of amides is 2. The number of benzene rings is 1. The molecule has 0 fully saturated rings. The van der Waals surface area contributed by atoms with Crippen LogP contribution in [0, 0.1) is 21.4 Å². The normalized spacial score (nSPS) is 10.8. The molecule has 0 bridgehead atoms. The molecule has 0 aliphatic heterocycles. The van der Waals surface area contributed by atoms with Crippen LogP contribution < -0.4 is 14.8 Å². The minimum Gasteiger partial charge on any atom is -0.493 e. The first-order valence-electron chi connectivity index (χ1n) is 10.5. The van der Waals surface area contributed by atoms with Crippen LogP contribution in [0.15, 0.2) is 24.8 Å². The van der Waals surface area contributed by atoms with E-state index in [1.54, 1.807) is 12.1 Å². The van der Waals surface area contributed by atoms with E-state index in [-0.39, 0.29) is 42.2 Å². The Labute approximate surface area is 207 Å². The van der Waals surface area contributed by atoms with Gasteiger partial charge in [0.05, 0.1) is 37.4 Å². The predicted octanol–water partition coefficient (Wildman–Crippen LogP) is 2.02. The van der Waals surface area contributed by atoms with Crippen LogP contribution in [0.3, 0.4) is 0 Å². The third kappa shape index (κ3) is 9.47. The lowest BCUT2D eigenvalue weighted by Gasteiger charge is -2.20. The second-order valence-electron chi connectivity index (χ2n) is 6.98. The summed E-state index contributed by atoms with van der Waals surface area (Å²) in [6.45, 7) is 2.34. The van der Waals surface area contributed by atoms with Gasteiger partial charge < -0.3 is 24.3 Å². The number of nitro groups is 1. The van der Waals surface area contributed by atoms with Crippen LogP contribution in [0.4, 0.5) is 10.5 Å². The van der Waals surface area contributed by atoms with Crippen molar-refractivity contribution >= 4 is 23.7 Å². The average molecular weight is 508 g/mol. The zero-order valence-electron chi connectivity index (χ0n) is 20.2. The van der Waals surface area contributed by atoms with Gasteiger partial charge in [-0.2, -0.15) is 10.3 Å². The van der Waals surface area contributed by atoms with E-state index in [2.05, 4.69) is 11.9 Å². The highest BCUT2D eigenvalue weighted by Gasteiger charge is 2.24. The fourth-order valence-electron chi connectivity index (χ4n) is 2.74. The van der Waals surface area contributed by atoms with Crippen LogP contribution in [-0.2, 0) is 30.5 Å². The molecule has 36 heavy (non-hydrogen) atoms. The van der Waals surface area contributed by atoms with Crippen LogP contribution in [-0.4, -0.2) is 68.5 Å². The first kappa shape index (κ1) is 29.7. The zero-order chi connectivity index (χ0) is 27.1. The van der Waals surface area contributed by atoms with Crippen LogP contribution in [0.5, 0.6) is 11.5 Å². The number of carbonyl (C=O) groups excluding carboxylic acids is 3. The highest BCUT2D eigenvalue weighted by molar-refractivity contribution is 5.84. The molecule has 1 N–H and O–H groups in total. The van der Waals surface area contributed by atoms with E-state index in [9.17, 15) is 24.5 Å². The molecule has 0 aliphatic rings. The van der Waals surface area contributed by atoms with E-state index < -0.39 is 42.1 Å². The van der Waals surface area contributed by atoms with E-state index in [1.807, 2.05) is 0 Å². The first-order chi connectivity index (χ1) is 17.2. The number of nitriles is 1. The molecule has 14 nitrogen and oxygen atoms in total. The number of carbonyl (C=O) groups is 3. The maximum Gasteiger partial charge on any atom is 0.434 e. The van der Waals surface area contributed by atoms with E-state index >= 15 is 0 Å². The van der Waals surface area contributed by atoms with Gasteiger partial charge in [-0.1, -0.05) is 6.08 Å². The summed E-state index contributed by atoms with van der Waals surface area (Å²) in [6, 6.07) is 3.01. The number of esters is 1. The smallest absolute Gasteiger partial charge is 0.434 e. The van der Waals surface area contributed by atoms with Crippen LogP contribution in [0.1, 0.15) is 24.8 Å². The summed E-state index contributed by atoms with van der Waals surface area (Å²) in [4.78, 5) is 52.3. The highest BCUT2D eigenvalue weighted by Crippen LogP contribution is 2.34. The highest BCUT2D eigenvalue weighted by atomic mass is 16.7. The second kappa shape index (κ2) is 15.5. The van der Waals surface area contributed by atoms with Gasteiger partial charge in [0.2, 0.25) is 5.91 Å². The van der Waals surface area contributed by atoms with Crippen molar-refractivity contribution in [1.82, 2.24) is 10.4 Å². The number of nitro benzene ring substituents is 1. The summed E-state index contributed by atoms with van der Waals surface area (Å²) >= 11 is 0. The average Bonchev–Trinajstić information content (AvgIpc) is 2.87. The van der Waals surface area contributed by atoms with Gasteiger partial charge >= 0.3 is 12.1 Å². The maximum atomic E-state index is 12.3. The third-order valence-corrected chi connectivity index (χ3v) is 4.56. The Morgan fingerprint density at radius 2 is 1.92 bits per heavy atom. The van der Waals surface area contributed by atoms with Crippen molar-refractivity contribution in [2.75, 3.05) is 34.5 Å². The standard InChI is InChI=1S/C22H28N4O10/c1-5-6-7-20(27)24-16(21(28)34-11-9-23)8-10-36-25(2)22(29)35-14-15-12-18(32-3)19(33-4)13-17(15)26(30)31/h5,12-13,16H,1,6-8,10-11,14H2,2-4H3,(H,24,27). The van der Waals surface area contributed by atoms with Crippen molar-refractivity contribution in [2.24, 2.45) is 0 Å². The molecule has 1 atom stereocenters. The molecule has 0 aromatic heterocycles. The molecular formula is C22H28N4O10. The van der Waals surface area contributed by atoms with Crippen molar-refractivity contribution in [3.8, 4) is 17.6 Å². The van der Waals surface area contributed by atoms with Gasteiger partial charge in [-0.05, 0) is 12.5 Å². The van der Waals surface area contributed by atoms with Crippen LogP contribution in [0.2, 0.25) is 0 Å². The second-order valence-corrected chi connectivity index (χ2v) is 6.98. The first-order valence-corrected chi connectivity index (χ1v) is 10.5. The molecule has 0 heterocycles. The molecule has 14 heteroatoms. The van der Waals surface area contributed by atoms with Crippen molar-refractivity contribution in [2.45, 2.75) is 31.9 Å². The Balaban J connectivity index is 2.72. The van der Waals surface area contributed by atoms with Crippen molar-refractivity contribution < 1.29 is 43.1 Å². The lowest BCUT2D eigenvalue weighted by atomic mass is 10.1. The summed E-state index contributed by atoms with van der Waals surface area (Å²) in [5.41, 5.74) is -0.281. The summed E-state index contributed by atoms with van der Waals surface area (Å²) in [7, 11) is 3.91. The SMILES string of the molecule is C=CCCC(=O)NC(CCON(C)C(=O)OCc1cc(OC)c(OC)cc1[N+](=O)[O-])C(=O)OCC#N. The molecular weight excluding hydrogens is 480 g/mol. The number of hydroxylamine groups is 2. The minimum atomic E-state index is -1.12. The molecule has 1 aromatic rings. The largest absolute Gasteiger partial charge is 0.493 e. The van der Waals surface area contributed by atoms with Crippen molar-refractivity contribution in [3.63, 3.8) is 0 Å². The van der Waals surface area contributed by atoms with Gasteiger partial charge in [0.15, 0.2) is 18.1 Å². The summed E-state index contributed by atoms with van der Waals surface area (Å²) in [6.07, 6.45) is 0.986. The van der Waals surface area contributed by atoms with Crippen LogP contribution in [0.25, 0.3) is 0 Å².